The van der Waals surface area contributed by atoms with E-state index in [1.807, 2.05) is 45.0 Å². The average Bonchev–Trinajstić information content (AvgIpc) is 2.46. The number of hydrogen-bond donors (Lipinski definition) is 0. The summed E-state index contributed by atoms with van der Waals surface area (Å²) in [7, 11) is -1.68. The Morgan fingerprint density at radius 1 is 0.950 bits per heavy atom. The lowest BCUT2D eigenvalue weighted by Crippen LogP contribution is -2.26. The van der Waals surface area contributed by atoms with Gasteiger partial charge < -0.3 is 13.6 Å². The van der Waals surface area contributed by atoms with Gasteiger partial charge in [-0.2, -0.15) is 10.2 Å². The van der Waals surface area contributed by atoms with Crippen LogP contribution >= 0.6 is 0 Å². The van der Waals surface area contributed by atoms with Crippen LogP contribution in [0.1, 0.15) is 26.3 Å². The van der Waals surface area contributed by atoms with E-state index < -0.39 is 9.28 Å². The van der Waals surface area contributed by atoms with Gasteiger partial charge in [0.05, 0.1) is 13.2 Å². The molecule has 112 valence electrons. The molecule has 0 aliphatic rings. The molecule has 0 saturated carbocycles. The second-order valence-electron chi connectivity index (χ2n) is 4.00. The van der Waals surface area contributed by atoms with E-state index in [2.05, 4.69) is 10.2 Å². The maximum atomic E-state index is 5.55. The molecule has 0 radical (unpaired) electrons. The van der Waals surface area contributed by atoms with Crippen LogP contribution in [0.25, 0.3) is 0 Å². The second kappa shape index (κ2) is 10.5. The quantitative estimate of drug-likeness (QED) is 0.493. The zero-order valence-corrected chi connectivity index (χ0v) is 13.7. The number of nitrogens with zero attached hydrogens (tertiary/aromatic N) is 2. The van der Waals surface area contributed by atoms with Crippen LogP contribution in [0.5, 0.6) is 5.75 Å². The molecule has 0 aliphatic carbocycles. The van der Waals surface area contributed by atoms with Crippen LogP contribution in [0.4, 0.5) is 0 Å². The molecular weight excluding hydrogens is 272 g/mol. The van der Waals surface area contributed by atoms with Gasteiger partial charge in [-0.05, 0) is 26.8 Å². The lowest BCUT2D eigenvalue weighted by Gasteiger charge is -2.11. The summed E-state index contributed by atoms with van der Waals surface area (Å²) in [4.78, 5) is 0. The SMILES string of the molecule is CCOc1ccccc1CN=NC[SiH](OCC)OCC. The molecule has 0 bridgehead atoms. The molecule has 5 nitrogen and oxygen atoms in total. The van der Waals surface area contributed by atoms with E-state index in [4.69, 9.17) is 13.6 Å². The van der Waals surface area contributed by atoms with Gasteiger partial charge in [-0.1, -0.05) is 18.2 Å². The third kappa shape index (κ3) is 6.27. The summed E-state index contributed by atoms with van der Waals surface area (Å²) in [5, 5.41) is 8.40. The van der Waals surface area contributed by atoms with Crippen molar-refractivity contribution in [2.75, 3.05) is 26.0 Å². The Balaban J connectivity index is 2.47. The molecule has 0 saturated heterocycles. The van der Waals surface area contributed by atoms with E-state index in [1.54, 1.807) is 0 Å². The van der Waals surface area contributed by atoms with Gasteiger partial charge in [0.25, 0.3) is 0 Å². The summed E-state index contributed by atoms with van der Waals surface area (Å²) in [5.41, 5.74) is 1.05. The monoisotopic (exact) mass is 296 g/mol. The molecular formula is C14H24N2O3Si. The van der Waals surface area contributed by atoms with Crippen molar-refractivity contribution in [3.8, 4) is 5.75 Å². The van der Waals surface area contributed by atoms with E-state index in [-0.39, 0.29) is 0 Å². The van der Waals surface area contributed by atoms with Gasteiger partial charge in [0, 0.05) is 18.8 Å². The highest BCUT2D eigenvalue weighted by Gasteiger charge is 2.10. The van der Waals surface area contributed by atoms with Gasteiger partial charge in [-0.3, -0.25) is 0 Å². The Labute approximate surface area is 122 Å². The molecule has 6 heteroatoms. The second-order valence-corrected chi connectivity index (χ2v) is 5.90. The minimum atomic E-state index is -1.68. The van der Waals surface area contributed by atoms with Gasteiger partial charge in [0.2, 0.25) is 0 Å². The molecule has 0 aromatic heterocycles. The van der Waals surface area contributed by atoms with Gasteiger partial charge >= 0.3 is 9.28 Å². The van der Waals surface area contributed by atoms with Crippen molar-refractivity contribution in [1.29, 1.82) is 0 Å². The van der Waals surface area contributed by atoms with E-state index in [0.29, 0.717) is 32.5 Å². The predicted octanol–water partition coefficient (Wildman–Crippen LogP) is 2.87. The van der Waals surface area contributed by atoms with Crippen molar-refractivity contribution in [1.82, 2.24) is 0 Å². The number of azo groups is 1. The largest absolute Gasteiger partial charge is 0.494 e. The first kappa shape index (κ1) is 16.8. The van der Waals surface area contributed by atoms with Gasteiger partial charge in [-0.15, -0.1) is 0 Å². The number of rotatable bonds is 10. The minimum Gasteiger partial charge on any atom is -0.494 e. The lowest BCUT2D eigenvalue weighted by atomic mass is 10.2. The first-order valence-corrected chi connectivity index (χ1v) is 8.84. The van der Waals surface area contributed by atoms with Crippen molar-refractivity contribution < 1.29 is 13.6 Å². The predicted molar refractivity (Wildman–Crippen MR) is 81.4 cm³/mol. The normalized spacial score (nSPS) is 11.4. The molecule has 0 fully saturated rings. The molecule has 0 aliphatic heterocycles. The fourth-order valence-electron chi connectivity index (χ4n) is 1.71. The summed E-state index contributed by atoms with van der Waals surface area (Å²) in [6, 6.07) is 7.89. The highest BCUT2D eigenvalue weighted by atomic mass is 28.3. The lowest BCUT2D eigenvalue weighted by molar-refractivity contribution is 0.214. The van der Waals surface area contributed by atoms with Crippen molar-refractivity contribution in [3.63, 3.8) is 0 Å². The van der Waals surface area contributed by atoms with E-state index in [0.717, 1.165) is 11.3 Å². The number of hydrogen-bond acceptors (Lipinski definition) is 5. The van der Waals surface area contributed by atoms with Gasteiger partial charge in [-0.25, -0.2) is 0 Å². The molecule has 1 rings (SSSR count). The Bertz CT molecular complexity index is 396. The standard InChI is InChI=1S/C14H24N2O3Si/c1-4-17-14-10-8-7-9-13(14)11-15-16-12-20(18-5-2)19-6-3/h7-10,20H,4-6,11-12H2,1-3H3. The van der Waals surface area contributed by atoms with Crippen molar-refractivity contribution >= 4 is 9.28 Å². The van der Waals surface area contributed by atoms with Crippen LogP contribution in [-0.4, -0.2) is 35.3 Å². The first-order valence-electron chi connectivity index (χ1n) is 7.08. The van der Waals surface area contributed by atoms with E-state index >= 15 is 0 Å². The van der Waals surface area contributed by atoms with Crippen molar-refractivity contribution in [2.45, 2.75) is 27.3 Å². The van der Waals surface area contributed by atoms with Crippen LogP contribution in [0, 0.1) is 0 Å². The van der Waals surface area contributed by atoms with E-state index in [9.17, 15) is 0 Å². The molecule has 20 heavy (non-hydrogen) atoms. The highest BCUT2D eigenvalue weighted by Crippen LogP contribution is 2.18. The fourth-order valence-corrected chi connectivity index (χ4v) is 3.01. The number of para-hydroxylation sites is 1. The Morgan fingerprint density at radius 3 is 2.30 bits per heavy atom. The zero-order valence-electron chi connectivity index (χ0n) is 12.5. The molecule has 0 N–H and O–H groups in total. The minimum absolute atomic E-state index is 0.523. The summed E-state index contributed by atoms with van der Waals surface area (Å²) in [6.07, 6.45) is 0.554. The summed E-state index contributed by atoms with van der Waals surface area (Å²) < 4.78 is 16.6. The third-order valence-electron chi connectivity index (χ3n) is 2.55. The molecule has 0 unspecified atom stereocenters. The summed E-state index contributed by atoms with van der Waals surface area (Å²) in [5.74, 6) is 0.873. The Hall–Kier alpha value is -1.24. The molecule has 0 heterocycles. The van der Waals surface area contributed by atoms with Crippen LogP contribution < -0.4 is 4.74 Å². The fraction of sp³-hybridized carbons (Fsp3) is 0.571. The highest BCUT2D eigenvalue weighted by molar-refractivity contribution is 6.44. The first-order chi connectivity index (χ1) is 9.81. The molecule has 1 aromatic rings. The smallest absolute Gasteiger partial charge is 0.345 e. The van der Waals surface area contributed by atoms with Crippen LogP contribution in [0.2, 0.25) is 0 Å². The Kier molecular flexibility index (Phi) is 8.85. The van der Waals surface area contributed by atoms with Crippen molar-refractivity contribution in [3.05, 3.63) is 29.8 Å². The summed E-state index contributed by atoms with van der Waals surface area (Å²) >= 11 is 0. The molecule has 0 atom stereocenters. The number of benzene rings is 1. The van der Waals surface area contributed by atoms with E-state index in [1.165, 1.54) is 0 Å². The topological polar surface area (TPSA) is 52.4 Å². The van der Waals surface area contributed by atoms with Gasteiger partial charge in [0.1, 0.15) is 11.9 Å². The van der Waals surface area contributed by atoms with Crippen LogP contribution in [0.15, 0.2) is 34.5 Å². The maximum absolute atomic E-state index is 5.55. The van der Waals surface area contributed by atoms with Crippen LogP contribution in [0.3, 0.4) is 0 Å². The summed E-state index contributed by atoms with van der Waals surface area (Å²) in [6.45, 7) is 8.41. The molecule has 1 aromatic carbocycles. The van der Waals surface area contributed by atoms with Gasteiger partial charge in [0.15, 0.2) is 0 Å². The number of ether oxygens (including phenoxy) is 1. The zero-order chi connectivity index (χ0) is 14.6. The van der Waals surface area contributed by atoms with Crippen molar-refractivity contribution in [2.24, 2.45) is 10.2 Å². The van der Waals surface area contributed by atoms with Crippen LogP contribution in [-0.2, 0) is 15.4 Å². The molecule has 0 amide bonds. The molecule has 0 spiro atoms. The third-order valence-corrected chi connectivity index (χ3v) is 4.42. The Morgan fingerprint density at radius 2 is 1.65 bits per heavy atom. The average molecular weight is 296 g/mol. The maximum Gasteiger partial charge on any atom is 0.345 e.